The molecule has 0 saturated heterocycles. The Kier molecular flexibility index (Phi) is 9.63. The molecule has 0 spiro atoms. The van der Waals surface area contributed by atoms with Gasteiger partial charge in [0.25, 0.3) is 0 Å². The van der Waals surface area contributed by atoms with E-state index in [0.717, 1.165) is 0 Å². The van der Waals surface area contributed by atoms with Gasteiger partial charge in [0.15, 0.2) is 0 Å². The van der Waals surface area contributed by atoms with Crippen LogP contribution in [0.3, 0.4) is 0 Å². The molecule has 0 aromatic rings. The van der Waals surface area contributed by atoms with Gasteiger partial charge in [0.05, 0.1) is 0 Å². The van der Waals surface area contributed by atoms with Gasteiger partial charge in [-0.1, -0.05) is 57.6 Å². The van der Waals surface area contributed by atoms with Crippen molar-refractivity contribution in [2.24, 2.45) is 0 Å². The van der Waals surface area contributed by atoms with Crippen molar-refractivity contribution in [1.82, 2.24) is 0 Å². The summed E-state index contributed by atoms with van der Waals surface area (Å²) in [5.41, 5.74) is 1.63. The molecule has 0 aromatic heterocycles. The van der Waals surface area contributed by atoms with Crippen molar-refractivity contribution in [3.8, 4) is 0 Å². The topological polar surface area (TPSA) is 0 Å². The van der Waals surface area contributed by atoms with E-state index in [0.29, 0.717) is 0 Å². The summed E-state index contributed by atoms with van der Waals surface area (Å²) in [7, 11) is 0. The van der Waals surface area contributed by atoms with Crippen LogP contribution in [-0.4, -0.2) is 0 Å². The molecule has 0 heteroatoms. The van der Waals surface area contributed by atoms with Crippen LogP contribution in [0.2, 0.25) is 0 Å². The Bertz CT molecular complexity index is 122. The van der Waals surface area contributed by atoms with Gasteiger partial charge in [0.2, 0.25) is 0 Å². The zero-order valence-electron chi connectivity index (χ0n) is 9.73. The Labute approximate surface area is 84.4 Å². The van der Waals surface area contributed by atoms with Gasteiger partial charge < -0.3 is 0 Å². The Morgan fingerprint density at radius 2 is 1.54 bits per heavy atom. The molecule has 0 N–H and O–H groups in total. The van der Waals surface area contributed by atoms with Crippen molar-refractivity contribution in [2.45, 2.75) is 72.1 Å². The second-order valence-electron chi connectivity index (χ2n) is 3.82. The molecular formula is C13H26. The van der Waals surface area contributed by atoms with Crippen LogP contribution in [0.15, 0.2) is 11.6 Å². The van der Waals surface area contributed by atoms with Gasteiger partial charge in [-0.05, 0) is 26.2 Å². The van der Waals surface area contributed by atoms with Crippen molar-refractivity contribution >= 4 is 0 Å². The summed E-state index contributed by atoms with van der Waals surface area (Å²) in [5, 5.41) is 0. The third-order valence-corrected chi connectivity index (χ3v) is 2.71. The molecule has 0 unspecified atom stereocenters. The zero-order chi connectivity index (χ0) is 9.94. The van der Waals surface area contributed by atoms with Crippen LogP contribution in [-0.2, 0) is 0 Å². The van der Waals surface area contributed by atoms with E-state index >= 15 is 0 Å². The highest BCUT2D eigenvalue weighted by Gasteiger charge is 1.93. The van der Waals surface area contributed by atoms with Crippen LogP contribution in [0, 0.1) is 0 Å². The van der Waals surface area contributed by atoms with Gasteiger partial charge in [-0.25, -0.2) is 0 Å². The number of hydrogen-bond donors (Lipinski definition) is 0. The lowest BCUT2D eigenvalue weighted by Crippen LogP contribution is -1.83. The zero-order valence-corrected chi connectivity index (χ0v) is 9.73. The molecule has 0 aromatic carbocycles. The summed E-state index contributed by atoms with van der Waals surface area (Å²) in [6, 6.07) is 0. The molecule has 0 amide bonds. The van der Waals surface area contributed by atoms with E-state index in [1.165, 1.54) is 51.4 Å². The third kappa shape index (κ3) is 8.08. The van der Waals surface area contributed by atoms with E-state index in [9.17, 15) is 0 Å². The predicted molar refractivity (Wildman–Crippen MR) is 62.0 cm³/mol. The lowest BCUT2D eigenvalue weighted by molar-refractivity contribution is 0.603. The highest BCUT2D eigenvalue weighted by atomic mass is 14.0. The van der Waals surface area contributed by atoms with E-state index in [2.05, 4.69) is 26.8 Å². The Balaban J connectivity index is 3.15. The minimum absolute atomic E-state index is 1.24. The second kappa shape index (κ2) is 9.83. The summed E-state index contributed by atoms with van der Waals surface area (Å²) in [6.07, 6.45) is 13.3. The predicted octanol–water partition coefficient (Wildman–Crippen LogP) is 5.09. The van der Waals surface area contributed by atoms with E-state index in [-0.39, 0.29) is 0 Å². The van der Waals surface area contributed by atoms with Crippen molar-refractivity contribution in [3.63, 3.8) is 0 Å². The maximum absolute atomic E-state index is 2.28. The lowest BCUT2D eigenvalue weighted by Gasteiger charge is -2.03. The molecule has 0 fully saturated rings. The van der Waals surface area contributed by atoms with Crippen LogP contribution in [0.5, 0.6) is 0 Å². The first-order chi connectivity index (χ1) is 6.35. The van der Waals surface area contributed by atoms with Gasteiger partial charge in [-0.3, -0.25) is 0 Å². The molecule has 78 valence electrons. The quantitative estimate of drug-likeness (QED) is 0.362. The minimum Gasteiger partial charge on any atom is -0.0885 e. The van der Waals surface area contributed by atoms with Gasteiger partial charge in [-0.2, -0.15) is 0 Å². The number of rotatable bonds is 8. The fourth-order valence-electron chi connectivity index (χ4n) is 1.66. The van der Waals surface area contributed by atoms with Gasteiger partial charge in [-0.15, -0.1) is 0 Å². The van der Waals surface area contributed by atoms with Gasteiger partial charge >= 0.3 is 0 Å². The van der Waals surface area contributed by atoms with Crippen LogP contribution >= 0.6 is 0 Å². The maximum Gasteiger partial charge on any atom is -0.0321 e. The van der Waals surface area contributed by atoms with E-state index in [1.54, 1.807) is 5.57 Å². The molecule has 0 heterocycles. The Morgan fingerprint density at radius 1 is 0.923 bits per heavy atom. The SMILES string of the molecule is C/C=C(\CC)CCCCCCCC. The maximum atomic E-state index is 2.28. The van der Waals surface area contributed by atoms with Crippen LogP contribution in [0.1, 0.15) is 72.1 Å². The van der Waals surface area contributed by atoms with Gasteiger partial charge in [0, 0.05) is 0 Å². The Hall–Kier alpha value is -0.260. The summed E-state index contributed by atoms with van der Waals surface area (Å²) in [4.78, 5) is 0. The molecule has 0 saturated carbocycles. The monoisotopic (exact) mass is 182 g/mol. The first kappa shape index (κ1) is 12.7. The first-order valence-electron chi connectivity index (χ1n) is 5.99. The summed E-state index contributed by atoms with van der Waals surface area (Å²) >= 11 is 0. The average molecular weight is 182 g/mol. The van der Waals surface area contributed by atoms with Crippen molar-refractivity contribution in [2.75, 3.05) is 0 Å². The molecule has 0 aliphatic carbocycles. The summed E-state index contributed by atoms with van der Waals surface area (Å²) in [5.74, 6) is 0. The molecule has 0 atom stereocenters. The van der Waals surface area contributed by atoms with Gasteiger partial charge in [0.1, 0.15) is 0 Å². The summed E-state index contributed by atoms with van der Waals surface area (Å²) < 4.78 is 0. The number of unbranched alkanes of at least 4 members (excludes halogenated alkanes) is 5. The van der Waals surface area contributed by atoms with Crippen LogP contribution < -0.4 is 0 Å². The third-order valence-electron chi connectivity index (χ3n) is 2.71. The fourth-order valence-corrected chi connectivity index (χ4v) is 1.66. The minimum atomic E-state index is 1.24. The van der Waals surface area contributed by atoms with Crippen LogP contribution in [0.25, 0.3) is 0 Å². The van der Waals surface area contributed by atoms with Crippen molar-refractivity contribution in [3.05, 3.63) is 11.6 Å². The van der Waals surface area contributed by atoms with Crippen molar-refractivity contribution < 1.29 is 0 Å². The van der Waals surface area contributed by atoms with E-state index < -0.39 is 0 Å². The smallest absolute Gasteiger partial charge is 0.0321 e. The van der Waals surface area contributed by atoms with E-state index in [4.69, 9.17) is 0 Å². The van der Waals surface area contributed by atoms with Crippen molar-refractivity contribution in [1.29, 1.82) is 0 Å². The normalized spacial score (nSPS) is 12.1. The molecule has 13 heavy (non-hydrogen) atoms. The number of allylic oxidation sites excluding steroid dienone is 2. The molecule has 0 bridgehead atoms. The largest absolute Gasteiger partial charge is 0.0885 e. The van der Waals surface area contributed by atoms with E-state index in [1.807, 2.05) is 0 Å². The molecule has 0 aliphatic heterocycles. The highest BCUT2D eigenvalue weighted by Crippen LogP contribution is 2.13. The first-order valence-corrected chi connectivity index (χ1v) is 5.99. The standard InChI is InChI=1S/C13H26/c1-4-7-8-9-10-11-12-13(5-2)6-3/h5H,4,6-12H2,1-3H3/b13-5+. The second-order valence-corrected chi connectivity index (χ2v) is 3.82. The van der Waals surface area contributed by atoms with Crippen LogP contribution in [0.4, 0.5) is 0 Å². The molecule has 0 aliphatic rings. The molecule has 0 nitrogen and oxygen atoms in total. The fraction of sp³-hybridized carbons (Fsp3) is 0.846. The average Bonchev–Trinajstić information content (AvgIpc) is 2.17. The molecule has 0 rings (SSSR count). The molecular weight excluding hydrogens is 156 g/mol. The highest BCUT2D eigenvalue weighted by molar-refractivity contribution is 4.98. The Morgan fingerprint density at radius 3 is 2.08 bits per heavy atom. The molecule has 0 radical (unpaired) electrons. The lowest BCUT2D eigenvalue weighted by atomic mass is 10.0. The number of hydrogen-bond acceptors (Lipinski definition) is 0. The summed E-state index contributed by atoms with van der Waals surface area (Å²) in [6.45, 7) is 6.69.